The molecule has 2 N–H and O–H groups in total. The monoisotopic (exact) mass is 269 g/mol. The van der Waals surface area contributed by atoms with Crippen LogP contribution in [-0.4, -0.2) is 16.6 Å². The topological polar surface area (TPSA) is 37.0 Å². The van der Waals surface area contributed by atoms with Crippen LogP contribution in [0.3, 0.4) is 0 Å². The molecule has 0 amide bonds. The fourth-order valence-electron chi connectivity index (χ4n) is 2.29. The highest BCUT2D eigenvalue weighted by Gasteiger charge is 2.12. The van der Waals surface area contributed by atoms with Gasteiger partial charge in [0.1, 0.15) is 0 Å². The van der Waals surface area contributed by atoms with Crippen molar-refractivity contribution in [1.29, 1.82) is 0 Å². The van der Waals surface area contributed by atoms with E-state index in [0.29, 0.717) is 5.11 Å². The van der Waals surface area contributed by atoms with Crippen molar-refractivity contribution < 1.29 is 0 Å². The lowest BCUT2D eigenvalue weighted by molar-refractivity contribution is 0.339. The van der Waals surface area contributed by atoms with Gasteiger partial charge in [0, 0.05) is 18.1 Å². The summed E-state index contributed by atoms with van der Waals surface area (Å²) in [6.07, 6.45) is 10.0. The van der Waals surface area contributed by atoms with E-state index in [1.807, 2.05) is 5.38 Å². The molecule has 1 aliphatic carbocycles. The fraction of sp³-hybridized carbons (Fsp3) is 0.667. The van der Waals surface area contributed by atoms with Crippen LogP contribution in [0.5, 0.6) is 0 Å². The minimum absolute atomic E-state index is 0.691. The fourth-order valence-corrected chi connectivity index (χ4v) is 3.09. The highest BCUT2D eigenvalue weighted by atomic mass is 32.1. The first-order valence-electron chi connectivity index (χ1n) is 6.29. The Balaban J connectivity index is 1.59. The molecule has 1 aromatic rings. The highest BCUT2D eigenvalue weighted by molar-refractivity contribution is 7.80. The van der Waals surface area contributed by atoms with Gasteiger partial charge in [-0.2, -0.15) is 0 Å². The quantitative estimate of drug-likeness (QED) is 0.822. The molecule has 94 valence electrons. The maximum absolute atomic E-state index is 5.21. The van der Waals surface area contributed by atoms with Crippen molar-refractivity contribution in [3.05, 3.63) is 11.6 Å². The summed E-state index contributed by atoms with van der Waals surface area (Å²) >= 11 is 6.78. The summed E-state index contributed by atoms with van der Waals surface area (Å²) in [5.41, 5.74) is 0. The maximum Gasteiger partial charge on any atom is 0.188 e. The summed E-state index contributed by atoms with van der Waals surface area (Å²) in [4.78, 5) is 4.13. The molecule has 0 atom stereocenters. The van der Waals surface area contributed by atoms with Gasteiger partial charge in [-0.3, -0.25) is 0 Å². The second kappa shape index (κ2) is 6.91. The van der Waals surface area contributed by atoms with Gasteiger partial charge in [0.05, 0.1) is 0 Å². The summed E-state index contributed by atoms with van der Waals surface area (Å²) in [5, 5.41) is 9.83. The zero-order chi connectivity index (χ0) is 11.9. The average molecular weight is 269 g/mol. The summed E-state index contributed by atoms with van der Waals surface area (Å²) in [5.74, 6) is 0.902. The molecule has 1 aliphatic rings. The number of anilines is 1. The lowest BCUT2D eigenvalue weighted by atomic mass is 9.87. The number of aromatic nitrogens is 1. The molecule has 1 heterocycles. The lowest BCUT2D eigenvalue weighted by Crippen LogP contribution is -2.30. The Bertz CT molecular complexity index is 332. The molecule has 0 aliphatic heterocycles. The van der Waals surface area contributed by atoms with E-state index in [2.05, 4.69) is 15.6 Å². The first kappa shape index (κ1) is 12.8. The first-order valence-corrected chi connectivity index (χ1v) is 7.58. The molecule has 1 saturated carbocycles. The van der Waals surface area contributed by atoms with E-state index in [0.717, 1.165) is 17.6 Å². The molecule has 1 aromatic heterocycles. The van der Waals surface area contributed by atoms with Crippen LogP contribution in [0.4, 0.5) is 5.13 Å². The molecular weight excluding hydrogens is 250 g/mol. The average Bonchev–Trinajstić information content (AvgIpc) is 2.83. The van der Waals surface area contributed by atoms with Gasteiger partial charge in [-0.25, -0.2) is 4.98 Å². The number of nitrogens with one attached hydrogen (secondary N) is 2. The molecule has 2 rings (SSSR count). The normalized spacial score (nSPS) is 16.7. The van der Waals surface area contributed by atoms with Gasteiger partial charge in [0.25, 0.3) is 0 Å². The van der Waals surface area contributed by atoms with E-state index in [1.54, 1.807) is 17.5 Å². The molecule has 0 saturated heterocycles. The maximum atomic E-state index is 5.21. The van der Waals surface area contributed by atoms with Crippen LogP contribution in [0.1, 0.15) is 38.5 Å². The number of hydrogen-bond acceptors (Lipinski definition) is 3. The predicted molar refractivity (Wildman–Crippen MR) is 77.5 cm³/mol. The summed E-state index contributed by atoms with van der Waals surface area (Å²) < 4.78 is 0. The Labute approximate surface area is 112 Å². The predicted octanol–water partition coefficient (Wildman–Crippen LogP) is 3.40. The van der Waals surface area contributed by atoms with Crippen LogP contribution in [-0.2, 0) is 0 Å². The molecule has 17 heavy (non-hydrogen) atoms. The first-order chi connectivity index (χ1) is 8.34. The van der Waals surface area contributed by atoms with Crippen LogP contribution in [0, 0.1) is 5.92 Å². The second-order valence-corrected chi connectivity index (χ2v) is 5.81. The zero-order valence-corrected chi connectivity index (χ0v) is 11.6. The standard InChI is InChI=1S/C12H19N3S2/c16-11(15-12-14-8-9-17-12)13-7-6-10-4-2-1-3-5-10/h8-10H,1-7H2,(H2,13,14,15,16). The number of thiazole rings is 1. The van der Waals surface area contributed by atoms with Gasteiger partial charge in [-0.05, 0) is 24.6 Å². The molecule has 5 heteroatoms. The van der Waals surface area contributed by atoms with E-state index in [1.165, 1.54) is 38.5 Å². The van der Waals surface area contributed by atoms with Gasteiger partial charge in [0.15, 0.2) is 10.2 Å². The number of rotatable bonds is 4. The Morgan fingerprint density at radius 1 is 1.41 bits per heavy atom. The van der Waals surface area contributed by atoms with E-state index < -0.39 is 0 Å². The third-order valence-corrected chi connectivity index (χ3v) is 4.15. The van der Waals surface area contributed by atoms with Crippen LogP contribution < -0.4 is 10.6 Å². The number of thiocarbonyl (C=S) groups is 1. The third kappa shape index (κ3) is 4.60. The van der Waals surface area contributed by atoms with Gasteiger partial charge in [-0.1, -0.05) is 32.1 Å². The Morgan fingerprint density at radius 3 is 2.94 bits per heavy atom. The molecule has 0 bridgehead atoms. The van der Waals surface area contributed by atoms with Gasteiger partial charge < -0.3 is 10.6 Å². The Morgan fingerprint density at radius 2 is 2.24 bits per heavy atom. The van der Waals surface area contributed by atoms with E-state index in [9.17, 15) is 0 Å². The molecule has 0 unspecified atom stereocenters. The van der Waals surface area contributed by atoms with Gasteiger partial charge in [-0.15, -0.1) is 11.3 Å². The Kier molecular flexibility index (Phi) is 5.19. The second-order valence-electron chi connectivity index (χ2n) is 4.51. The number of hydrogen-bond donors (Lipinski definition) is 2. The largest absolute Gasteiger partial charge is 0.362 e. The van der Waals surface area contributed by atoms with Crippen molar-refractivity contribution in [3.8, 4) is 0 Å². The third-order valence-electron chi connectivity index (χ3n) is 3.22. The molecular formula is C12H19N3S2. The van der Waals surface area contributed by atoms with E-state index in [4.69, 9.17) is 12.2 Å². The smallest absolute Gasteiger partial charge is 0.188 e. The lowest BCUT2D eigenvalue weighted by Gasteiger charge is -2.21. The van der Waals surface area contributed by atoms with E-state index in [-0.39, 0.29) is 0 Å². The number of nitrogens with zero attached hydrogens (tertiary/aromatic N) is 1. The molecule has 3 nitrogen and oxygen atoms in total. The molecule has 1 fully saturated rings. The van der Waals surface area contributed by atoms with Crippen molar-refractivity contribution in [2.75, 3.05) is 11.9 Å². The van der Waals surface area contributed by atoms with Crippen molar-refractivity contribution in [2.45, 2.75) is 38.5 Å². The summed E-state index contributed by atoms with van der Waals surface area (Å²) in [6, 6.07) is 0. The van der Waals surface area contributed by atoms with Crippen molar-refractivity contribution in [1.82, 2.24) is 10.3 Å². The SMILES string of the molecule is S=C(NCCC1CCCCC1)Nc1nccs1. The summed E-state index contributed by atoms with van der Waals surface area (Å²) in [7, 11) is 0. The van der Waals surface area contributed by atoms with Gasteiger partial charge in [0.2, 0.25) is 0 Å². The van der Waals surface area contributed by atoms with E-state index >= 15 is 0 Å². The van der Waals surface area contributed by atoms with Crippen molar-refractivity contribution >= 4 is 33.8 Å². The van der Waals surface area contributed by atoms with Crippen molar-refractivity contribution in [2.24, 2.45) is 5.92 Å². The van der Waals surface area contributed by atoms with Crippen molar-refractivity contribution in [3.63, 3.8) is 0 Å². The zero-order valence-electron chi connectivity index (χ0n) is 9.95. The molecule has 0 spiro atoms. The van der Waals surface area contributed by atoms with Crippen LogP contribution in [0.2, 0.25) is 0 Å². The van der Waals surface area contributed by atoms with Crippen LogP contribution >= 0.6 is 23.6 Å². The summed E-state index contributed by atoms with van der Waals surface area (Å²) in [6.45, 7) is 0.974. The molecule has 0 radical (unpaired) electrons. The minimum Gasteiger partial charge on any atom is -0.362 e. The van der Waals surface area contributed by atoms with Crippen LogP contribution in [0.15, 0.2) is 11.6 Å². The Hall–Kier alpha value is -0.680. The van der Waals surface area contributed by atoms with Gasteiger partial charge >= 0.3 is 0 Å². The van der Waals surface area contributed by atoms with Crippen LogP contribution in [0.25, 0.3) is 0 Å². The minimum atomic E-state index is 0.691. The molecule has 0 aromatic carbocycles. The highest BCUT2D eigenvalue weighted by Crippen LogP contribution is 2.25.